The Labute approximate surface area is 143 Å². The Kier molecular flexibility index (Phi) is 6.46. The van der Waals surface area contributed by atoms with E-state index in [1.54, 1.807) is 24.3 Å². The lowest BCUT2D eigenvalue weighted by molar-refractivity contribution is -0.133. The quantitative estimate of drug-likeness (QED) is 0.838. The summed E-state index contributed by atoms with van der Waals surface area (Å²) in [5.74, 6) is 1.22. The van der Waals surface area contributed by atoms with E-state index < -0.39 is 0 Å². The van der Waals surface area contributed by atoms with Crippen molar-refractivity contribution in [3.8, 4) is 0 Å². The lowest BCUT2D eigenvalue weighted by Crippen LogP contribution is -2.42. The molecule has 1 N–H and O–H groups in total. The molecule has 1 aromatic carbocycles. The van der Waals surface area contributed by atoms with Gasteiger partial charge in [0.15, 0.2) is 0 Å². The molecule has 0 radical (unpaired) electrons. The number of carbonyl (C=O) groups excluding carboxylic acids is 2. The van der Waals surface area contributed by atoms with Gasteiger partial charge in [0, 0.05) is 36.6 Å². The van der Waals surface area contributed by atoms with E-state index in [2.05, 4.69) is 19.2 Å². The van der Waals surface area contributed by atoms with Gasteiger partial charge in [-0.1, -0.05) is 25.4 Å². The summed E-state index contributed by atoms with van der Waals surface area (Å²) in [7, 11) is 0. The van der Waals surface area contributed by atoms with Crippen molar-refractivity contribution >= 4 is 23.4 Å². The first-order valence-corrected chi connectivity index (χ1v) is 8.65. The molecule has 0 aromatic heterocycles. The molecular weight excluding hydrogens is 312 g/mol. The maximum atomic E-state index is 12.2. The van der Waals surface area contributed by atoms with Crippen molar-refractivity contribution in [2.24, 2.45) is 11.8 Å². The Bertz CT molecular complexity index is 534. The molecule has 2 atom stereocenters. The molecule has 23 heavy (non-hydrogen) atoms. The molecule has 2 rings (SSSR count). The predicted octanol–water partition coefficient (Wildman–Crippen LogP) is 3.35. The van der Waals surface area contributed by atoms with Gasteiger partial charge < -0.3 is 10.2 Å². The molecule has 0 spiro atoms. The Balaban J connectivity index is 1.69. The SMILES string of the molecule is C[C@@H]1C[C@H](C)CN(C(=O)CCCNC(=O)c2ccc(Cl)cc2)C1. The van der Waals surface area contributed by atoms with Gasteiger partial charge in [-0.15, -0.1) is 0 Å². The number of nitrogens with zero attached hydrogens (tertiary/aromatic N) is 1. The smallest absolute Gasteiger partial charge is 0.251 e. The number of benzene rings is 1. The first-order valence-electron chi connectivity index (χ1n) is 8.27. The van der Waals surface area contributed by atoms with Crippen LogP contribution in [0.4, 0.5) is 0 Å². The van der Waals surface area contributed by atoms with Gasteiger partial charge in [-0.25, -0.2) is 0 Å². The van der Waals surface area contributed by atoms with Crippen LogP contribution in [-0.4, -0.2) is 36.3 Å². The molecular formula is C18H25ClN2O2. The highest BCUT2D eigenvalue weighted by molar-refractivity contribution is 6.30. The number of halogens is 1. The Morgan fingerprint density at radius 2 is 1.78 bits per heavy atom. The Hall–Kier alpha value is -1.55. The monoisotopic (exact) mass is 336 g/mol. The van der Waals surface area contributed by atoms with E-state index >= 15 is 0 Å². The van der Waals surface area contributed by atoms with Crippen molar-refractivity contribution in [2.75, 3.05) is 19.6 Å². The fourth-order valence-electron chi connectivity index (χ4n) is 3.17. The molecule has 1 aliphatic heterocycles. The van der Waals surface area contributed by atoms with Crippen molar-refractivity contribution < 1.29 is 9.59 Å². The highest BCUT2D eigenvalue weighted by atomic mass is 35.5. The third kappa shape index (κ3) is 5.54. The van der Waals surface area contributed by atoms with Crippen molar-refractivity contribution in [1.82, 2.24) is 10.2 Å². The van der Waals surface area contributed by atoms with Crippen LogP contribution in [0.25, 0.3) is 0 Å². The van der Waals surface area contributed by atoms with Crippen LogP contribution in [-0.2, 0) is 4.79 Å². The van der Waals surface area contributed by atoms with E-state index in [4.69, 9.17) is 11.6 Å². The number of carbonyl (C=O) groups is 2. The summed E-state index contributed by atoms with van der Waals surface area (Å²) >= 11 is 5.80. The summed E-state index contributed by atoms with van der Waals surface area (Å²) in [5, 5.41) is 3.45. The molecule has 0 aliphatic carbocycles. The summed E-state index contributed by atoms with van der Waals surface area (Å²) in [6.45, 7) is 6.62. The molecule has 5 heteroatoms. The molecule has 0 unspecified atom stereocenters. The van der Waals surface area contributed by atoms with Gasteiger partial charge in [0.2, 0.25) is 5.91 Å². The Morgan fingerprint density at radius 3 is 2.39 bits per heavy atom. The zero-order valence-electron chi connectivity index (χ0n) is 13.8. The summed E-state index contributed by atoms with van der Waals surface area (Å²) < 4.78 is 0. The number of rotatable bonds is 5. The predicted molar refractivity (Wildman–Crippen MR) is 92.5 cm³/mol. The molecule has 1 saturated heterocycles. The molecule has 1 heterocycles. The second-order valence-electron chi connectivity index (χ2n) is 6.61. The first-order chi connectivity index (χ1) is 11.0. The van der Waals surface area contributed by atoms with E-state index in [1.807, 2.05) is 4.90 Å². The maximum Gasteiger partial charge on any atom is 0.251 e. The van der Waals surface area contributed by atoms with E-state index in [0.717, 1.165) is 13.1 Å². The van der Waals surface area contributed by atoms with Crippen LogP contribution >= 0.6 is 11.6 Å². The molecule has 126 valence electrons. The van der Waals surface area contributed by atoms with E-state index in [-0.39, 0.29) is 11.8 Å². The van der Waals surface area contributed by atoms with Gasteiger partial charge in [-0.2, -0.15) is 0 Å². The molecule has 1 fully saturated rings. The van der Waals surface area contributed by atoms with Crippen molar-refractivity contribution in [3.05, 3.63) is 34.9 Å². The molecule has 0 bridgehead atoms. The topological polar surface area (TPSA) is 49.4 Å². The largest absolute Gasteiger partial charge is 0.352 e. The molecule has 1 aliphatic rings. The number of amides is 2. The van der Waals surface area contributed by atoms with Gasteiger partial charge in [0.25, 0.3) is 5.91 Å². The van der Waals surface area contributed by atoms with E-state index in [0.29, 0.717) is 41.8 Å². The van der Waals surface area contributed by atoms with Gasteiger partial charge >= 0.3 is 0 Å². The van der Waals surface area contributed by atoms with Crippen LogP contribution in [0.3, 0.4) is 0 Å². The molecule has 1 aromatic rings. The number of nitrogens with one attached hydrogen (secondary N) is 1. The fourth-order valence-corrected chi connectivity index (χ4v) is 3.30. The van der Waals surface area contributed by atoms with E-state index in [9.17, 15) is 9.59 Å². The number of likely N-dealkylation sites (tertiary alicyclic amines) is 1. The van der Waals surface area contributed by atoms with Crippen LogP contribution in [0.2, 0.25) is 5.02 Å². The molecule has 2 amide bonds. The average Bonchev–Trinajstić information content (AvgIpc) is 2.50. The summed E-state index contributed by atoms with van der Waals surface area (Å²) in [6.07, 6.45) is 2.35. The normalized spacial score (nSPS) is 21.1. The van der Waals surface area contributed by atoms with Crippen LogP contribution in [0.15, 0.2) is 24.3 Å². The van der Waals surface area contributed by atoms with Crippen LogP contribution in [0.5, 0.6) is 0 Å². The third-order valence-electron chi connectivity index (χ3n) is 4.18. The lowest BCUT2D eigenvalue weighted by atomic mass is 9.91. The second-order valence-corrected chi connectivity index (χ2v) is 7.05. The Morgan fingerprint density at radius 1 is 1.17 bits per heavy atom. The highest BCUT2D eigenvalue weighted by Crippen LogP contribution is 2.21. The van der Waals surface area contributed by atoms with Crippen molar-refractivity contribution in [2.45, 2.75) is 33.1 Å². The van der Waals surface area contributed by atoms with Crippen LogP contribution in [0.1, 0.15) is 43.5 Å². The number of hydrogen-bond donors (Lipinski definition) is 1. The standard InChI is InChI=1S/C18H25ClN2O2/c1-13-10-14(2)12-21(11-13)17(22)4-3-9-20-18(23)15-5-7-16(19)8-6-15/h5-8,13-14H,3-4,9-12H2,1-2H3,(H,20,23)/t13-,14+. The summed E-state index contributed by atoms with van der Waals surface area (Å²) in [5.41, 5.74) is 0.583. The minimum atomic E-state index is -0.130. The first kappa shape index (κ1) is 17.8. The van der Waals surface area contributed by atoms with Gasteiger partial charge in [-0.05, 0) is 48.9 Å². The minimum Gasteiger partial charge on any atom is -0.352 e. The minimum absolute atomic E-state index is 0.130. The van der Waals surface area contributed by atoms with Gasteiger partial charge in [-0.3, -0.25) is 9.59 Å². The highest BCUT2D eigenvalue weighted by Gasteiger charge is 2.24. The summed E-state index contributed by atoms with van der Waals surface area (Å²) in [6, 6.07) is 6.77. The zero-order valence-corrected chi connectivity index (χ0v) is 14.6. The van der Waals surface area contributed by atoms with Gasteiger partial charge in [0.05, 0.1) is 0 Å². The van der Waals surface area contributed by atoms with Crippen molar-refractivity contribution in [1.29, 1.82) is 0 Å². The van der Waals surface area contributed by atoms with Gasteiger partial charge in [0.1, 0.15) is 0 Å². The van der Waals surface area contributed by atoms with E-state index in [1.165, 1.54) is 6.42 Å². The lowest BCUT2D eigenvalue weighted by Gasteiger charge is -2.35. The summed E-state index contributed by atoms with van der Waals surface area (Å²) in [4.78, 5) is 26.2. The third-order valence-corrected chi connectivity index (χ3v) is 4.43. The zero-order chi connectivity index (χ0) is 16.8. The maximum absolute atomic E-state index is 12.2. The average molecular weight is 337 g/mol. The molecule has 0 saturated carbocycles. The van der Waals surface area contributed by atoms with Crippen molar-refractivity contribution in [3.63, 3.8) is 0 Å². The van der Waals surface area contributed by atoms with Crippen LogP contribution in [0, 0.1) is 11.8 Å². The second kappa shape index (κ2) is 8.34. The number of piperidine rings is 1. The fraction of sp³-hybridized carbons (Fsp3) is 0.556. The molecule has 4 nitrogen and oxygen atoms in total. The van der Waals surface area contributed by atoms with Crippen LogP contribution < -0.4 is 5.32 Å². The number of hydrogen-bond acceptors (Lipinski definition) is 2.